The maximum atomic E-state index is 12.6. The Kier molecular flexibility index (Phi) is 4.98. The minimum atomic E-state index is -0.220. The lowest BCUT2D eigenvalue weighted by molar-refractivity contribution is 0.624. The lowest BCUT2D eigenvalue weighted by atomic mass is 10.1. The van der Waals surface area contributed by atoms with Crippen LogP contribution in [-0.2, 0) is 6.42 Å². The van der Waals surface area contributed by atoms with Crippen LogP contribution in [0.5, 0.6) is 0 Å². The van der Waals surface area contributed by atoms with Crippen molar-refractivity contribution in [2.24, 2.45) is 0 Å². The van der Waals surface area contributed by atoms with Crippen molar-refractivity contribution in [3.8, 4) is 0 Å². The van der Waals surface area contributed by atoms with Gasteiger partial charge in [0.1, 0.15) is 5.82 Å². The van der Waals surface area contributed by atoms with Crippen molar-refractivity contribution in [3.63, 3.8) is 0 Å². The van der Waals surface area contributed by atoms with Gasteiger partial charge in [0.15, 0.2) is 0 Å². The zero-order valence-electron chi connectivity index (χ0n) is 8.96. The van der Waals surface area contributed by atoms with E-state index in [4.69, 9.17) is 0 Å². The van der Waals surface area contributed by atoms with Gasteiger partial charge in [-0.05, 0) is 31.2 Å². The van der Waals surface area contributed by atoms with E-state index in [1.165, 1.54) is 12.1 Å². The van der Waals surface area contributed by atoms with E-state index in [2.05, 4.69) is 5.32 Å². The van der Waals surface area contributed by atoms with Crippen molar-refractivity contribution in [1.29, 1.82) is 0 Å². The fourth-order valence-electron chi connectivity index (χ4n) is 1.33. The number of ketones is 1. The second-order valence-electron chi connectivity index (χ2n) is 3.55. The molecular weight excluding hydrogens is 193 g/mol. The molecule has 0 aliphatic heterocycles. The first-order valence-electron chi connectivity index (χ1n) is 5.15. The number of benzene rings is 1. The van der Waals surface area contributed by atoms with Crippen LogP contribution in [0.3, 0.4) is 0 Å². The fourth-order valence-corrected chi connectivity index (χ4v) is 1.33. The maximum Gasteiger partial charge on any atom is 0.294 e. The van der Waals surface area contributed by atoms with Crippen molar-refractivity contribution >= 4 is 5.78 Å². The molecule has 0 bridgehead atoms. The molecule has 0 saturated heterocycles. The average Bonchev–Trinajstić information content (AvgIpc) is 2.25. The summed E-state index contributed by atoms with van der Waals surface area (Å²) in [5.74, 6) is 0.274. The lowest BCUT2D eigenvalue weighted by Gasteiger charge is -1.98. The van der Waals surface area contributed by atoms with Crippen LogP contribution in [0, 0.1) is 5.82 Å². The highest BCUT2D eigenvalue weighted by molar-refractivity contribution is 5.79. The van der Waals surface area contributed by atoms with E-state index in [0.717, 1.165) is 18.5 Å². The molecule has 0 aliphatic carbocycles. The van der Waals surface area contributed by atoms with Gasteiger partial charge in [-0.25, -0.2) is 4.39 Å². The van der Waals surface area contributed by atoms with Crippen LogP contribution >= 0.6 is 0 Å². The largest absolute Gasteiger partial charge is 0.319 e. The molecule has 0 saturated carbocycles. The summed E-state index contributed by atoms with van der Waals surface area (Å²) in [5.41, 5.74) is 1.05. The molecule has 1 aromatic carbocycles. The van der Waals surface area contributed by atoms with Gasteiger partial charge in [0.2, 0.25) is 0 Å². The molecule has 15 heavy (non-hydrogen) atoms. The average molecular weight is 210 g/mol. The second kappa shape index (κ2) is 6.30. The Labute approximate surface area is 89.5 Å². The Morgan fingerprint density at radius 2 is 1.93 bits per heavy atom. The Morgan fingerprint density at radius 3 is 2.53 bits per heavy atom. The molecular formula is C12H17FNO+. The predicted molar refractivity (Wildman–Crippen MR) is 60.2 cm³/mol. The zero-order valence-corrected chi connectivity index (χ0v) is 8.96. The highest BCUT2D eigenvalue weighted by atomic mass is 19.1. The molecule has 0 aromatic heterocycles. The number of nitrogens with one attached hydrogen (secondary N) is 1. The van der Waals surface area contributed by atoms with Gasteiger partial charge in [-0.3, -0.25) is 4.79 Å². The van der Waals surface area contributed by atoms with Crippen LogP contribution in [0.2, 0.25) is 0 Å². The zero-order chi connectivity index (χ0) is 11.1. The van der Waals surface area contributed by atoms with Crippen LogP contribution in [-0.4, -0.2) is 24.2 Å². The van der Waals surface area contributed by atoms with Gasteiger partial charge < -0.3 is 5.32 Å². The van der Waals surface area contributed by atoms with Crippen LogP contribution in [0.1, 0.15) is 18.4 Å². The van der Waals surface area contributed by atoms with Gasteiger partial charge in [-0.2, -0.15) is 0 Å². The number of halogens is 1. The standard InChI is InChI=1S/C12H16FNO/c1-14-9-8-12(15)7-4-10-2-5-11(13)6-3-10/h2-3,5-6,14H,4,7-9H2,1H3/p+1. The molecule has 2 nitrogen and oxygen atoms in total. The topological polar surface area (TPSA) is 33.4 Å². The molecule has 0 radical (unpaired) electrons. The van der Waals surface area contributed by atoms with Gasteiger partial charge in [0.05, 0.1) is 12.8 Å². The summed E-state index contributed by atoms with van der Waals surface area (Å²) in [5, 5.41) is 2.97. The summed E-state index contributed by atoms with van der Waals surface area (Å²) in [6.45, 7) is 0.787. The van der Waals surface area contributed by atoms with Crippen molar-refractivity contribution < 1.29 is 9.18 Å². The third-order valence-electron chi connectivity index (χ3n) is 2.28. The highest BCUT2D eigenvalue weighted by Crippen LogP contribution is 2.06. The second-order valence-corrected chi connectivity index (χ2v) is 3.55. The predicted octanol–water partition coefficient (Wildman–Crippen LogP) is 1.91. The third kappa shape index (κ3) is 4.70. The number of carbonyl (C=O) groups excluding carboxylic acids is 1. The number of hydrogen-bond donors (Lipinski definition) is 1. The van der Waals surface area contributed by atoms with E-state index < -0.39 is 0 Å². The van der Waals surface area contributed by atoms with Gasteiger partial charge in [-0.1, -0.05) is 12.1 Å². The quantitative estimate of drug-likeness (QED) is 0.715. The van der Waals surface area contributed by atoms with Gasteiger partial charge in [0, 0.05) is 6.54 Å². The molecule has 0 unspecified atom stereocenters. The number of aryl methyl sites for hydroxylation is 1. The molecule has 0 aliphatic rings. The lowest BCUT2D eigenvalue weighted by Crippen LogP contribution is -2.13. The third-order valence-corrected chi connectivity index (χ3v) is 2.28. The molecule has 0 heterocycles. The highest BCUT2D eigenvalue weighted by Gasteiger charge is 2.07. The minimum Gasteiger partial charge on any atom is -0.319 e. The smallest absolute Gasteiger partial charge is 0.294 e. The monoisotopic (exact) mass is 210 g/mol. The van der Waals surface area contributed by atoms with E-state index in [9.17, 15) is 9.18 Å². The van der Waals surface area contributed by atoms with Crippen LogP contribution in [0.25, 0.3) is 0 Å². The normalized spacial score (nSPS) is 10.3. The molecule has 2 N–H and O–H groups in total. The van der Waals surface area contributed by atoms with E-state index in [0.29, 0.717) is 18.6 Å². The van der Waals surface area contributed by atoms with Crippen molar-refractivity contribution in [2.45, 2.75) is 19.3 Å². The summed E-state index contributed by atoms with van der Waals surface area (Å²) >= 11 is 0. The van der Waals surface area contributed by atoms with Crippen LogP contribution in [0.15, 0.2) is 24.3 Å². The first-order chi connectivity index (χ1) is 7.22. The van der Waals surface area contributed by atoms with Crippen molar-refractivity contribution in [1.82, 2.24) is 5.32 Å². The Morgan fingerprint density at radius 1 is 1.27 bits per heavy atom. The number of rotatable bonds is 6. The van der Waals surface area contributed by atoms with Gasteiger partial charge in [-0.15, -0.1) is 0 Å². The summed E-state index contributed by atoms with van der Waals surface area (Å²) in [6, 6.07) is 6.39. The summed E-state index contributed by atoms with van der Waals surface area (Å²) in [4.78, 5) is 9.50. The van der Waals surface area contributed by atoms with Crippen molar-refractivity contribution in [3.05, 3.63) is 35.6 Å². The molecule has 0 amide bonds. The molecule has 0 atom stereocenters. The Balaban J connectivity index is 2.30. The van der Waals surface area contributed by atoms with Gasteiger partial charge in [0.25, 0.3) is 5.78 Å². The molecule has 1 rings (SSSR count). The molecule has 3 heteroatoms. The van der Waals surface area contributed by atoms with E-state index >= 15 is 0 Å². The maximum absolute atomic E-state index is 12.6. The van der Waals surface area contributed by atoms with Crippen LogP contribution < -0.4 is 5.32 Å². The van der Waals surface area contributed by atoms with Crippen molar-refractivity contribution in [2.75, 3.05) is 13.6 Å². The minimum absolute atomic E-state index is 0.220. The molecule has 1 aromatic rings. The van der Waals surface area contributed by atoms with E-state index in [-0.39, 0.29) is 5.82 Å². The molecule has 0 spiro atoms. The van der Waals surface area contributed by atoms with Crippen LogP contribution in [0.4, 0.5) is 4.39 Å². The first kappa shape index (κ1) is 11.9. The van der Waals surface area contributed by atoms with E-state index in [1.54, 1.807) is 12.1 Å². The number of hydrogen-bond acceptors (Lipinski definition) is 1. The summed E-state index contributed by atoms with van der Waals surface area (Å²) < 4.78 is 12.6. The molecule has 0 fully saturated rings. The Hall–Kier alpha value is -1.22. The summed E-state index contributed by atoms with van der Waals surface area (Å²) in [7, 11) is 1.85. The molecule has 82 valence electrons. The van der Waals surface area contributed by atoms with Gasteiger partial charge >= 0.3 is 0 Å². The summed E-state index contributed by atoms with van der Waals surface area (Å²) in [6.07, 6.45) is 2.08. The Bertz CT molecular complexity index is 308. The van der Waals surface area contributed by atoms with E-state index in [1.807, 2.05) is 7.05 Å². The SMILES string of the molecule is CNCCC(=[OH+])CCc1ccc(F)cc1. The first-order valence-corrected chi connectivity index (χ1v) is 5.15. The fraction of sp³-hybridized carbons (Fsp3) is 0.417.